The van der Waals surface area contributed by atoms with E-state index in [1.165, 1.54) is 12.1 Å². The molecule has 2 aromatic rings. The molecular formula is C17H19FO3. The summed E-state index contributed by atoms with van der Waals surface area (Å²) in [4.78, 5) is 0. The first-order chi connectivity index (χ1) is 10.0. The number of ether oxygens (including phenoxy) is 2. The summed E-state index contributed by atoms with van der Waals surface area (Å²) in [5, 5.41) is 9.44. The van der Waals surface area contributed by atoms with E-state index in [9.17, 15) is 9.50 Å². The van der Waals surface area contributed by atoms with Gasteiger partial charge in [0.25, 0.3) is 0 Å². The third-order valence-corrected chi connectivity index (χ3v) is 3.29. The standard InChI is InChI=1S/C17H19FO3/c1-4-12-5-7-16(17(9-12)20-3)21-15-8-6-13(11(2)19)10-14(15)18/h5-11,19H,4H2,1-3H3. The van der Waals surface area contributed by atoms with Crippen LogP contribution in [-0.4, -0.2) is 12.2 Å². The first-order valence-corrected chi connectivity index (χ1v) is 6.87. The smallest absolute Gasteiger partial charge is 0.169 e. The molecule has 1 atom stereocenters. The lowest BCUT2D eigenvalue weighted by Gasteiger charge is -2.13. The molecule has 112 valence electrons. The lowest BCUT2D eigenvalue weighted by Crippen LogP contribution is -1.96. The fourth-order valence-corrected chi connectivity index (χ4v) is 1.99. The Morgan fingerprint density at radius 2 is 1.81 bits per heavy atom. The maximum absolute atomic E-state index is 14.0. The highest BCUT2D eigenvalue weighted by atomic mass is 19.1. The molecule has 21 heavy (non-hydrogen) atoms. The van der Waals surface area contributed by atoms with Crippen LogP contribution < -0.4 is 9.47 Å². The van der Waals surface area contributed by atoms with Crippen molar-refractivity contribution in [2.45, 2.75) is 26.4 Å². The molecule has 1 unspecified atom stereocenters. The van der Waals surface area contributed by atoms with Gasteiger partial charge < -0.3 is 14.6 Å². The van der Waals surface area contributed by atoms with Gasteiger partial charge in [0.2, 0.25) is 0 Å². The Kier molecular flexibility index (Phi) is 4.81. The fourth-order valence-electron chi connectivity index (χ4n) is 1.99. The van der Waals surface area contributed by atoms with Gasteiger partial charge in [-0.1, -0.05) is 19.1 Å². The van der Waals surface area contributed by atoms with Crippen LogP contribution in [0.15, 0.2) is 36.4 Å². The summed E-state index contributed by atoms with van der Waals surface area (Å²) in [6.45, 7) is 3.63. The zero-order valence-electron chi connectivity index (χ0n) is 12.4. The molecule has 0 amide bonds. The summed E-state index contributed by atoms with van der Waals surface area (Å²) in [5.74, 6) is 0.601. The van der Waals surface area contributed by atoms with Crippen LogP contribution in [0.2, 0.25) is 0 Å². The Morgan fingerprint density at radius 3 is 2.38 bits per heavy atom. The maximum Gasteiger partial charge on any atom is 0.169 e. The minimum Gasteiger partial charge on any atom is -0.493 e. The van der Waals surface area contributed by atoms with Gasteiger partial charge in [-0.3, -0.25) is 0 Å². The fraction of sp³-hybridized carbons (Fsp3) is 0.294. The molecule has 0 aliphatic heterocycles. The Labute approximate surface area is 124 Å². The van der Waals surface area contributed by atoms with Crippen molar-refractivity contribution in [2.75, 3.05) is 7.11 Å². The summed E-state index contributed by atoms with van der Waals surface area (Å²) in [5.41, 5.74) is 1.62. The first-order valence-electron chi connectivity index (χ1n) is 6.87. The van der Waals surface area contributed by atoms with Crippen LogP contribution in [0.25, 0.3) is 0 Å². The second-order valence-electron chi connectivity index (χ2n) is 4.81. The molecule has 0 spiro atoms. The highest BCUT2D eigenvalue weighted by Crippen LogP contribution is 2.34. The van der Waals surface area contributed by atoms with Gasteiger partial charge in [0.1, 0.15) is 0 Å². The highest BCUT2D eigenvalue weighted by molar-refractivity contribution is 5.46. The number of aryl methyl sites for hydroxylation is 1. The van der Waals surface area contributed by atoms with E-state index in [0.29, 0.717) is 17.1 Å². The molecule has 0 fully saturated rings. The van der Waals surface area contributed by atoms with E-state index in [-0.39, 0.29) is 5.75 Å². The van der Waals surface area contributed by atoms with Crippen molar-refractivity contribution in [3.05, 3.63) is 53.3 Å². The van der Waals surface area contributed by atoms with Crippen molar-refractivity contribution in [2.24, 2.45) is 0 Å². The van der Waals surface area contributed by atoms with Gasteiger partial charge in [-0.15, -0.1) is 0 Å². The van der Waals surface area contributed by atoms with Crippen LogP contribution in [-0.2, 0) is 6.42 Å². The third-order valence-electron chi connectivity index (χ3n) is 3.29. The number of methoxy groups -OCH3 is 1. The molecule has 0 heterocycles. The molecule has 2 rings (SSSR count). The molecule has 3 nitrogen and oxygen atoms in total. The van der Waals surface area contributed by atoms with Crippen molar-refractivity contribution in [3.63, 3.8) is 0 Å². The van der Waals surface area contributed by atoms with Gasteiger partial charge in [-0.2, -0.15) is 0 Å². The van der Waals surface area contributed by atoms with E-state index in [0.717, 1.165) is 12.0 Å². The second kappa shape index (κ2) is 6.59. The van der Waals surface area contributed by atoms with Gasteiger partial charge in [-0.25, -0.2) is 4.39 Å². The summed E-state index contributed by atoms with van der Waals surface area (Å²) < 4.78 is 24.9. The van der Waals surface area contributed by atoms with Gasteiger partial charge in [0, 0.05) is 0 Å². The van der Waals surface area contributed by atoms with Crippen molar-refractivity contribution in [1.29, 1.82) is 0 Å². The number of hydrogen-bond donors (Lipinski definition) is 1. The molecule has 0 aromatic heterocycles. The van der Waals surface area contributed by atoms with Crippen LogP contribution >= 0.6 is 0 Å². The Balaban J connectivity index is 2.29. The summed E-state index contributed by atoms with van der Waals surface area (Å²) in [7, 11) is 1.55. The molecule has 4 heteroatoms. The summed E-state index contributed by atoms with van der Waals surface area (Å²) in [6, 6.07) is 9.96. The zero-order valence-corrected chi connectivity index (χ0v) is 12.4. The van der Waals surface area contributed by atoms with E-state index >= 15 is 0 Å². The number of rotatable bonds is 5. The Bertz CT molecular complexity index is 623. The molecule has 0 bridgehead atoms. The average molecular weight is 290 g/mol. The van der Waals surface area contributed by atoms with Crippen LogP contribution in [0.4, 0.5) is 4.39 Å². The summed E-state index contributed by atoms with van der Waals surface area (Å²) in [6.07, 6.45) is 0.167. The predicted molar refractivity (Wildman–Crippen MR) is 79.5 cm³/mol. The molecule has 2 aromatic carbocycles. The molecule has 0 radical (unpaired) electrons. The quantitative estimate of drug-likeness (QED) is 0.895. The number of aliphatic hydroxyl groups excluding tert-OH is 1. The first kappa shape index (κ1) is 15.3. The predicted octanol–water partition coefficient (Wildman–Crippen LogP) is 4.24. The lowest BCUT2D eigenvalue weighted by atomic mass is 10.1. The molecule has 0 aliphatic carbocycles. The number of aliphatic hydroxyl groups is 1. The monoisotopic (exact) mass is 290 g/mol. The third kappa shape index (κ3) is 3.52. The second-order valence-corrected chi connectivity index (χ2v) is 4.81. The van der Waals surface area contributed by atoms with Crippen molar-refractivity contribution >= 4 is 0 Å². The molecule has 0 saturated heterocycles. The lowest BCUT2D eigenvalue weighted by molar-refractivity contribution is 0.198. The van der Waals surface area contributed by atoms with E-state index in [2.05, 4.69) is 0 Å². The van der Waals surface area contributed by atoms with Crippen LogP contribution in [0, 0.1) is 5.82 Å². The molecule has 0 saturated carbocycles. The number of hydrogen-bond acceptors (Lipinski definition) is 3. The number of benzene rings is 2. The molecule has 0 aliphatic rings. The van der Waals surface area contributed by atoms with Crippen LogP contribution in [0.5, 0.6) is 17.2 Å². The topological polar surface area (TPSA) is 38.7 Å². The van der Waals surface area contributed by atoms with Crippen molar-refractivity contribution < 1.29 is 19.0 Å². The largest absolute Gasteiger partial charge is 0.493 e. The Morgan fingerprint density at radius 1 is 1.10 bits per heavy atom. The number of halogens is 1. The Hall–Kier alpha value is -2.07. The summed E-state index contributed by atoms with van der Waals surface area (Å²) >= 11 is 0. The average Bonchev–Trinajstić information content (AvgIpc) is 2.49. The van der Waals surface area contributed by atoms with Gasteiger partial charge in [0.15, 0.2) is 23.1 Å². The van der Waals surface area contributed by atoms with E-state index in [1.54, 1.807) is 26.2 Å². The zero-order chi connectivity index (χ0) is 15.4. The van der Waals surface area contributed by atoms with Crippen molar-refractivity contribution in [1.82, 2.24) is 0 Å². The normalized spacial score (nSPS) is 12.0. The van der Waals surface area contributed by atoms with E-state index < -0.39 is 11.9 Å². The van der Waals surface area contributed by atoms with Crippen LogP contribution in [0.3, 0.4) is 0 Å². The van der Waals surface area contributed by atoms with Gasteiger partial charge in [-0.05, 0) is 48.7 Å². The minimum atomic E-state index is -0.716. The minimum absolute atomic E-state index is 0.0990. The van der Waals surface area contributed by atoms with Crippen LogP contribution in [0.1, 0.15) is 31.1 Å². The molecular weight excluding hydrogens is 271 g/mol. The molecule has 1 N–H and O–H groups in total. The van der Waals surface area contributed by atoms with Gasteiger partial charge >= 0.3 is 0 Å². The SMILES string of the molecule is CCc1ccc(Oc2ccc(C(C)O)cc2F)c(OC)c1. The van der Waals surface area contributed by atoms with Gasteiger partial charge in [0.05, 0.1) is 13.2 Å². The maximum atomic E-state index is 14.0. The van der Waals surface area contributed by atoms with E-state index in [4.69, 9.17) is 9.47 Å². The highest BCUT2D eigenvalue weighted by Gasteiger charge is 2.12. The van der Waals surface area contributed by atoms with Crippen molar-refractivity contribution in [3.8, 4) is 17.2 Å². The van der Waals surface area contributed by atoms with E-state index in [1.807, 2.05) is 19.1 Å².